The SMILES string of the molecule is Cc1c(CN(C)C(=O)CN2CCC(CO)CC2)oc2c(C)cccc12. The summed E-state index contributed by atoms with van der Waals surface area (Å²) in [6, 6.07) is 6.15. The zero-order valence-corrected chi connectivity index (χ0v) is 15.4. The Bertz CT molecular complexity index is 745. The van der Waals surface area contributed by atoms with Crippen molar-refractivity contribution in [2.45, 2.75) is 33.2 Å². The molecule has 2 heterocycles. The van der Waals surface area contributed by atoms with E-state index in [-0.39, 0.29) is 12.5 Å². The van der Waals surface area contributed by atoms with Gasteiger partial charge in [-0.05, 0) is 51.3 Å². The number of furan rings is 1. The Morgan fingerprint density at radius 3 is 2.68 bits per heavy atom. The first-order valence-corrected chi connectivity index (χ1v) is 9.04. The quantitative estimate of drug-likeness (QED) is 0.906. The van der Waals surface area contributed by atoms with E-state index in [9.17, 15) is 9.90 Å². The minimum Gasteiger partial charge on any atom is -0.459 e. The van der Waals surface area contributed by atoms with Crippen molar-refractivity contribution in [1.82, 2.24) is 9.80 Å². The number of hydrogen-bond donors (Lipinski definition) is 1. The second kappa shape index (κ2) is 7.58. The Labute approximate surface area is 149 Å². The van der Waals surface area contributed by atoms with Crippen LogP contribution in [0.3, 0.4) is 0 Å². The van der Waals surface area contributed by atoms with Crippen LogP contribution in [0.4, 0.5) is 0 Å². The van der Waals surface area contributed by atoms with Gasteiger partial charge in [-0.3, -0.25) is 9.69 Å². The van der Waals surface area contributed by atoms with Gasteiger partial charge in [-0.15, -0.1) is 0 Å². The largest absolute Gasteiger partial charge is 0.459 e. The maximum absolute atomic E-state index is 12.6. The number of fused-ring (bicyclic) bond motifs is 1. The van der Waals surface area contributed by atoms with Crippen molar-refractivity contribution >= 4 is 16.9 Å². The van der Waals surface area contributed by atoms with E-state index in [2.05, 4.69) is 17.9 Å². The minimum atomic E-state index is 0.110. The molecule has 1 N–H and O–H groups in total. The van der Waals surface area contributed by atoms with E-state index in [1.165, 1.54) is 0 Å². The van der Waals surface area contributed by atoms with Crippen molar-refractivity contribution in [1.29, 1.82) is 0 Å². The van der Waals surface area contributed by atoms with Crippen LogP contribution in [0.15, 0.2) is 22.6 Å². The van der Waals surface area contributed by atoms with E-state index in [4.69, 9.17) is 4.42 Å². The lowest BCUT2D eigenvalue weighted by molar-refractivity contribution is -0.132. The molecule has 1 aromatic heterocycles. The van der Waals surface area contributed by atoms with Crippen LogP contribution in [0.25, 0.3) is 11.0 Å². The van der Waals surface area contributed by atoms with Gasteiger partial charge < -0.3 is 14.4 Å². The zero-order chi connectivity index (χ0) is 18.0. The van der Waals surface area contributed by atoms with Crippen LogP contribution in [0, 0.1) is 19.8 Å². The first-order chi connectivity index (χ1) is 12.0. The number of rotatable bonds is 5. The molecule has 0 spiro atoms. The Morgan fingerprint density at radius 1 is 1.32 bits per heavy atom. The molecular weight excluding hydrogens is 316 g/mol. The van der Waals surface area contributed by atoms with Crippen molar-refractivity contribution < 1.29 is 14.3 Å². The number of aryl methyl sites for hydroxylation is 2. The predicted molar refractivity (Wildman–Crippen MR) is 98.4 cm³/mol. The van der Waals surface area contributed by atoms with E-state index >= 15 is 0 Å². The van der Waals surface area contributed by atoms with Gasteiger partial charge in [-0.2, -0.15) is 0 Å². The summed E-state index contributed by atoms with van der Waals surface area (Å²) in [5.74, 6) is 1.36. The summed E-state index contributed by atoms with van der Waals surface area (Å²) in [5.41, 5.74) is 3.15. The molecule has 1 aliphatic rings. The third-order valence-corrected chi connectivity index (χ3v) is 5.39. The summed E-state index contributed by atoms with van der Waals surface area (Å²) in [7, 11) is 1.84. The molecule has 25 heavy (non-hydrogen) atoms. The number of likely N-dealkylation sites (N-methyl/N-ethyl adjacent to an activating group) is 1. The van der Waals surface area contributed by atoms with Gasteiger partial charge in [0.05, 0.1) is 13.1 Å². The summed E-state index contributed by atoms with van der Waals surface area (Å²) < 4.78 is 6.03. The van der Waals surface area contributed by atoms with Crippen LogP contribution in [-0.4, -0.2) is 54.1 Å². The molecule has 0 aliphatic carbocycles. The molecule has 136 valence electrons. The molecule has 0 radical (unpaired) electrons. The molecule has 1 amide bonds. The number of para-hydroxylation sites is 1. The standard InChI is InChI=1S/C20H28N2O3/c1-14-5-4-6-17-15(2)18(25-20(14)17)11-21(3)19(24)12-22-9-7-16(13-23)8-10-22/h4-6,16,23H,7-13H2,1-3H3. The third kappa shape index (κ3) is 3.88. The summed E-state index contributed by atoms with van der Waals surface area (Å²) >= 11 is 0. The number of hydrogen-bond acceptors (Lipinski definition) is 4. The fraction of sp³-hybridized carbons (Fsp3) is 0.550. The van der Waals surface area contributed by atoms with E-state index in [0.717, 1.165) is 53.8 Å². The second-order valence-corrected chi connectivity index (χ2v) is 7.25. The number of benzene rings is 1. The molecule has 0 unspecified atom stereocenters. The number of piperidine rings is 1. The molecule has 5 nitrogen and oxygen atoms in total. The number of carbonyl (C=O) groups is 1. The van der Waals surface area contributed by atoms with E-state index in [0.29, 0.717) is 19.0 Å². The van der Waals surface area contributed by atoms with Crippen molar-refractivity contribution in [3.05, 3.63) is 35.1 Å². The predicted octanol–water partition coefficient (Wildman–Crippen LogP) is 2.71. The molecule has 3 rings (SSSR count). The highest BCUT2D eigenvalue weighted by atomic mass is 16.3. The van der Waals surface area contributed by atoms with Crippen LogP contribution < -0.4 is 0 Å². The summed E-state index contributed by atoms with van der Waals surface area (Å²) in [4.78, 5) is 16.5. The summed E-state index contributed by atoms with van der Waals surface area (Å²) in [5, 5.41) is 10.3. The molecule has 1 aromatic carbocycles. The van der Waals surface area contributed by atoms with Gasteiger partial charge in [-0.25, -0.2) is 0 Å². The highest BCUT2D eigenvalue weighted by Gasteiger charge is 2.22. The Kier molecular flexibility index (Phi) is 5.45. The van der Waals surface area contributed by atoms with Crippen LogP contribution in [-0.2, 0) is 11.3 Å². The van der Waals surface area contributed by atoms with Gasteiger partial charge in [0.1, 0.15) is 11.3 Å². The van der Waals surface area contributed by atoms with Crippen molar-refractivity contribution in [3.63, 3.8) is 0 Å². The fourth-order valence-corrected chi connectivity index (χ4v) is 3.53. The Balaban J connectivity index is 1.62. The summed E-state index contributed by atoms with van der Waals surface area (Å²) in [6.45, 7) is 7.05. The van der Waals surface area contributed by atoms with E-state index in [1.54, 1.807) is 4.90 Å². The molecular formula is C20H28N2O3. The summed E-state index contributed by atoms with van der Waals surface area (Å²) in [6.07, 6.45) is 1.94. The molecule has 1 aliphatic heterocycles. The topological polar surface area (TPSA) is 56.9 Å². The van der Waals surface area contributed by atoms with Gasteiger partial charge in [0.25, 0.3) is 0 Å². The van der Waals surface area contributed by atoms with E-state index < -0.39 is 0 Å². The van der Waals surface area contributed by atoms with E-state index in [1.807, 2.05) is 26.1 Å². The van der Waals surface area contributed by atoms with Crippen molar-refractivity contribution in [3.8, 4) is 0 Å². The number of nitrogens with zero attached hydrogens (tertiary/aromatic N) is 2. The highest BCUT2D eigenvalue weighted by Crippen LogP contribution is 2.28. The number of aliphatic hydroxyl groups excluding tert-OH is 1. The second-order valence-electron chi connectivity index (χ2n) is 7.25. The lowest BCUT2D eigenvalue weighted by Crippen LogP contribution is -2.42. The highest BCUT2D eigenvalue weighted by molar-refractivity contribution is 5.85. The van der Waals surface area contributed by atoms with Gasteiger partial charge >= 0.3 is 0 Å². The Hall–Kier alpha value is -1.85. The lowest BCUT2D eigenvalue weighted by atomic mass is 9.98. The first-order valence-electron chi connectivity index (χ1n) is 9.04. The van der Waals surface area contributed by atoms with Crippen LogP contribution in [0.1, 0.15) is 29.7 Å². The lowest BCUT2D eigenvalue weighted by Gasteiger charge is -2.31. The maximum Gasteiger partial charge on any atom is 0.236 e. The van der Waals surface area contributed by atoms with Crippen molar-refractivity contribution in [2.75, 3.05) is 33.3 Å². The average Bonchev–Trinajstić information content (AvgIpc) is 2.93. The smallest absolute Gasteiger partial charge is 0.236 e. The molecule has 1 fully saturated rings. The molecule has 2 aromatic rings. The van der Waals surface area contributed by atoms with Crippen LogP contribution in [0.5, 0.6) is 0 Å². The number of likely N-dealkylation sites (tertiary alicyclic amines) is 1. The number of aliphatic hydroxyl groups is 1. The van der Waals surface area contributed by atoms with Gasteiger partial charge in [0.15, 0.2) is 0 Å². The molecule has 0 atom stereocenters. The first kappa shape index (κ1) is 18.0. The molecule has 0 bridgehead atoms. The third-order valence-electron chi connectivity index (χ3n) is 5.39. The minimum absolute atomic E-state index is 0.110. The normalized spacial score (nSPS) is 16.5. The molecule has 5 heteroatoms. The van der Waals surface area contributed by atoms with Crippen LogP contribution in [0.2, 0.25) is 0 Å². The average molecular weight is 344 g/mol. The van der Waals surface area contributed by atoms with Gasteiger partial charge in [0.2, 0.25) is 5.91 Å². The molecule has 1 saturated heterocycles. The van der Waals surface area contributed by atoms with Gasteiger partial charge in [0, 0.05) is 24.6 Å². The maximum atomic E-state index is 12.6. The number of carbonyl (C=O) groups excluding carboxylic acids is 1. The Morgan fingerprint density at radius 2 is 2.04 bits per heavy atom. The molecule has 0 saturated carbocycles. The zero-order valence-electron chi connectivity index (χ0n) is 15.4. The van der Waals surface area contributed by atoms with Crippen LogP contribution >= 0.6 is 0 Å². The monoisotopic (exact) mass is 344 g/mol. The number of amides is 1. The van der Waals surface area contributed by atoms with Gasteiger partial charge in [-0.1, -0.05) is 18.2 Å². The fourth-order valence-electron chi connectivity index (χ4n) is 3.53. The van der Waals surface area contributed by atoms with Crippen molar-refractivity contribution in [2.24, 2.45) is 5.92 Å².